The van der Waals surface area contributed by atoms with E-state index in [0.717, 1.165) is 50.0 Å². The summed E-state index contributed by atoms with van der Waals surface area (Å²) in [6.45, 7) is 7.43. The fourth-order valence-corrected chi connectivity index (χ4v) is 8.85. The third-order valence-electron chi connectivity index (χ3n) is 11.7. The fraction of sp³-hybridized carbons (Fsp3) is 0. The Morgan fingerprint density at radius 1 is 0.333 bits per heavy atom. The van der Waals surface area contributed by atoms with E-state index in [1.165, 1.54) is 54.6 Å². The molecule has 3 nitrogen and oxygen atoms in total. The van der Waals surface area contributed by atoms with Gasteiger partial charge in [0.25, 0.3) is 0 Å². The summed E-state index contributed by atoms with van der Waals surface area (Å²) in [5, 5.41) is 9.77. The van der Waals surface area contributed by atoms with Crippen LogP contribution in [0.25, 0.3) is 115 Å². The highest BCUT2D eigenvalue weighted by Crippen LogP contribution is 2.47. The zero-order valence-electron chi connectivity index (χ0n) is 32.5. The van der Waals surface area contributed by atoms with Crippen molar-refractivity contribution >= 4 is 48.8 Å². The SMILES string of the molecule is [C-]#[N+]c1ccc(-c2ccccc2-c2cc(-c3ccc4cc(-c5c6ccccc6c(-c6ccccc6)c6ccc7ccccc7c56)ccc4c3)nc(-c3ccccc3)n2)cc1. The molecule has 3 heteroatoms. The Kier molecular flexibility index (Phi) is 8.54. The molecule has 1 heterocycles. The number of hydrogen-bond acceptors (Lipinski definition) is 2. The Morgan fingerprint density at radius 3 is 1.62 bits per heavy atom. The molecule has 60 heavy (non-hydrogen) atoms. The van der Waals surface area contributed by atoms with Crippen LogP contribution in [0.3, 0.4) is 0 Å². The van der Waals surface area contributed by atoms with Crippen LogP contribution < -0.4 is 0 Å². The lowest BCUT2D eigenvalue weighted by Crippen LogP contribution is -1.97. The van der Waals surface area contributed by atoms with E-state index < -0.39 is 0 Å². The molecule has 0 aliphatic rings. The summed E-state index contributed by atoms with van der Waals surface area (Å²) in [4.78, 5) is 13.9. The number of aromatic nitrogens is 2. The van der Waals surface area contributed by atoms with Crippen molar-refractivity contribution in [3.63, 3.8) is 0 Å². The molecule has 0 spiro atoms. The summed E-state index contributed by atoms with van der Waals surface area (Å²) in [6.07, 6.45) is 0. The molecular formula is C57H35N3. The lowest BCUT2D eigenvalue weighted by molar-refractivity contribution is 1.18. The summed E-state index contributed by atoms with van der Waals surface area (Å²) >= 11 is 0. The van der Waals surface area contributed by atoms with Gasteiger partial charge in [-0.3, -0.25) is 0 Å². The number of nitrogens with zero attached hydrogens (tertiary/aromatic N) is 3. The third-order valence-corrected chi connectivity index (χ3v) is 11.7. The second-order valence-corrected chi connectivity index (χ2v) is 15.2. The largest absolute Gasteiger partial charge is 0.238 e. The predicted octanol–water partition coefficient (Wildman–Crippen LogP) is 15.6. The van der Waals surface area contributed by atoms with Crippen LogP contribution >= 0.6 is 0 Å². The number of hydrogen-bond donors (Lipinski definition) is 0. The minimum absolute atomic E-state index is 0.617. The van der Waals surface area contributed by atoms with Crippen LogP contribution in [-0.2, 0) is 0 Å². The predicted molar refractivity (Wildman–Crippen MR) is 251 cm³/mol. The van der Waals surface area contributed by atoms with Gasteiger partial charge in [0.1, 0.15) is 0 Å². The van der Waals surface area contributed by atoms with Crippen molar-refractivity contribution in [1.82, 2.24) is 9.97 Å². The number of benzene rings is 10. The third kappa shape index (κ3) is 6.07. The Bertz CT molecular complexity index is 3470. The summed E-state index contributed by atoms with van der Waals surface area (Å²) in [6, 6.07) is 74.9. The van der Waals surface area contributed by atoms with Crippen LogP contribution in [0.5, 0.6) is 0 Å². The molecule has 0 aliphatic heterocycles. The first-order valence-corrected chi connectivity index (χ1v) is 20.2. The fourth-order valence-electron chi connectivity index (χ4n) is 8.85. The van der Waals surface area contributed by atoms with E-state index in [0.29, 0.717) is 11.5 Å². The lowest BCUT2D eigenvalue weighted by Gasteiger charge is -2.19. The second kappa shape index (κ2) is 14.6. The molecule has 0 saturated heterocycles. The van der Waals surface area contributed by atoms with Gasteiger partial charge >= 0.3 is 0 Å². The van der Waals surface area contributed by atoms with Gasteiger partial charge in [0, 0.05) is 16.7 Å². The summed E-state index contributed by atoms with van der Waals surface area (Å²) in [5.74, 6) is 0.668. The molecule has 11 rings (SSSR count). The van der Waals surface area contributed by atoms with Crippen LogP contribution in [0.2, 0.25) is 0 Å². The van der Waals surface area contributed by atoms with Gasteiger partial charge in [-0.1, -0.05) is 194 Å². The number of rotatable bonds is 6. The molecule has 0 fully saturated rings. The van der Waals surface area contributed by atoms with Crippen LogP contribution in [0.15, 0.2) is 212 Å². The second-order valence-electron chi connectivity index (χ2n) is 15.2. The van der Waals surface area contributed by atoms with E-state index in [2.05, 4.69) is 163 Å². The van der Waals surface area contributed by atoms with E-state index in [1.54, 1.807) is 0 Å². The van der Waals surface area contributed by atoms with E-state index in [4.69, 9.17) is 16.5 Å². The first-order valence-electron chi connectivity index (χ1n) is 20.2. The molecule has 0 bridgehead atoms. The van der Waals surface area contributed by atoms with Crippen LogP contribution in [0, 0.1) is 6.57 Å². The molecule has 0 saturated carbocycles. The van der Waals surface area contributed by atoms with Crippen LogP contribution in [0.4, 0.5) is 5.69 Å². The van der Waals surface area contributed by atoms with Gasteiger partial charge in [-0.15, -0.1) is 0 Å². The minimum atomic E-state index is 0.617. The molecule has 0 unspecified atom stereocenters. The van der Waals surface area contributed by atoms with Gasteiger partial charge in [-0.25, -0.2) is 14.8 Å². The monoisotopic (exact) mass is 761 g/mol. The quantitative estimate of drug-likeness (QED) is 0.0959. The Morgan fingerprint density at radius 2 is 0.883 bits per heavy atom. The van der Waals surface area contributed by atoms with E-state index in [9.17, 15) is 0 Å². The maximum Gasteiger partial charge on any atom is 0.187 e. The average Bonchev–Trinajstić information content (AvgIpc) is 3.33. The number of fused-ring (bicyclic) bond motifs is 5. The van der Waals surface area contributed by atoms with Crippen molar-refractivity contribution < 1.29 is 0 Å². The van der Waals surface area contributed by atoms with E-state index in [1.807, 2.05) is 54.6 Å². The van der Waals surface area contributed by atoms with Crippen molar-refractivity contribution in [2.75, 3.05) is 0 Å². The highest BCUT2D eigenvalue weighted by molar-refractivity contribution is 6.28. The topological polar surface area (TPSA) is 30.1 Å². The maximum atomic E-state index is 7.43. The molecule has 0 radical (unpaired) electrons. The molecule has 278 valence electrons. The first-order chi connectivity index (χ1) is 29.7. The zero-order chi connectivity index (χ0) is 40.0. The molecule has 0 amide bonds. The highest BCUT2D eigenvalue weighted by atomic mass is 14.9. The van der Waals surface area contributed by atoms with Crippen LogP contribution in [0.1, 0.15) is 0 Å². The van der Waals surface area contributed by atoms with E-state index >= 15 is 0 Å². The van der Waals surface area contributed by atoms with Gasteiger partial charge in [0.2, 0.25) is 0 Å². The van der Waals surface area contributed by atoms with Crippen molar-refractivity contribution in [2.24, 2.45) is 0 Å². The van der Waals surface area contributed by atoms with Crippen molar-refractivity contribution in [3.05, 3.63) is 224 Å². The standard InChI is InChI=1S/C57H35N3/c1-58-45-31-28-38(29-32-45)46-19-10-11-21-48(46)53-36-52(59-57(60-53)40-17-6-3-7-18-40)43-26-24-42-35-44(27-25-41(42)34-43)55-50-23-13-12-22-49(50)54(39-15-4-2-5-16-39)51-33-30-37-14-8-9-20-47(37)56(51)55/h2-36H. The van der Waals surface area contributed by atoms with Crippen molar-refractivity contribution in [2.45, 2.75) is 0 Å². The maximum absolute atomic E-state index is 7.43. The molecule has 10 aromatic carbocycles. The first kappa shape index (κ1) is 35.0. The molecule has 0 atom stereocenters. The Labute approximate surface area is 348 Å². The van der Waals surface area contributed by atoms with Gasteiger partial charge in [-0.2, -0.15) is 0 Å². The van der Waals surface area contributed by atoms with Crippen molar-refractivity contribution in [1.29, 1.82) is 0 Å². The lowest BCUT2D eigenvalue weighted by atomic mass is 9.83. The van der Waals surface area contributed by atoms with Gasteiger partial charge in [0.15, 0.2) is 11.5 Å². The van der Waals surface area contributed by atoms with Crippen LogP contribution in [-0.4, -0.2) is 9.97 Å². The van der Waals surface area contributed by atoms with E-state index in [-0.39, 0.29) is 0 Å². The van der Waals surface area contributed by atoms with Crippen molar-refractivity contribution in [3.8, 4) is 67.3 Å². The molecule has 0 aliphatic carbocycles. The molecular weight excluding hydrogens is 727 g/mol. The summed E-state index contributed by atoms with van der Waals surface area (Å²) < 4.78 is 0. The zero-order valence-corrected chi connectivity index (χ0v) is 32.5. The summed E-state index contributed by atoms with van der Waals surface area (Å²) in [7, 11) is 0. The normalized spacial score (nSPS) is 11.3. The smallest absolute Gasteiger partial charge is 0.187 e. The minimum Gasteiger partial charge on any atom is -0.238 e. The average molecular weight is 762 g/mol. The molecule has 11 aromatic rings. The van der Waals surface area contributed by atoms with Gasteiger partial charge < -0.3 is 0 Å². The Balaban J connectivity index is 1.08. The summed E-state index contributed by atoms with van der Waals surface area (Å²) in [5.41, 5.74) is 12.3. The van der Waals surface area contributed by atoms with Gasteiger partial charge in [0.05, 0.1) is 18.0 Å². The molecule has 0 N–H and O–H groups in total. The van der Waals surface area contributed by atoms with Gasteiger partial charge in [-0.05, 0) is 94.7 Å². The molecule has 1 aromatic heterocycles. The Hall–Kier alpha value is -8.19. The highest BCUT2D eigenvalue weighted by Gasteiger charge is 2.20.